The normalized spacial score (nSPS) is 19.4. The van der Waals surface area contributed by atoms with E-state index < -0.39 is 16.1 Å². The number of halogens is 1. The molecule has 24 heavy (non-hydrogen) atoms. The molecular weight excluding hydrogens is 354 g/mol. The molecule has 0 saturated carbocycles. The van der Waals surface area contributed by atoms with Crippen LogP contribution in [0.25, 0.3) is 0 Å². The summed E-state index contributed by atoms with van der Waals surface area (Å²) in [5, 5.41) is 10.2. The predicted molar refractivity (Wildman–Crippen MR) is 93.7 cm³/mol. The Morgan fingerprint density at radius 3 is 2.58 bits per heavy atom. The molecule has 0 aromatic carbocycles. The van der Waals surface area contributed by atoms with Gasteiger partial charge in [-0.05, 0) is 40.2 Å². The molecule has 0 aliphatic carbocycles. The van der Waals surface area contributed by atoms with E-state index in [9.17, 15) is 13.2 Å². The van der Waals surface area contributed by atoms with Crippen molar-refractivity contribution in [2.45, 2.75) is 50.6 Å². The second-order valence-corrected chi connectivity index (χ2v) is 7.67. The summed E-state index contributed by atoms with van der Waals surface area (Å²) in [6.45, 7) is 6.54. The largest absolute Gasteiger partial charge is 0.351 e. The fourth-order valence-electron chi connectivity index (χ4n) is 2.79. The standard InChI is InChI=1S/C14H25N5O3S.ClH/c1-9-13(11(3)19(4)17-9)23(21,22)18-10(2)14(20)16-12-6-5-7-15-8-12;/h10,12,15,18H,5-8H2,1-4H3,(H,16,20);1H/t10?,12-;/m0./s1. The third kappa shape index (κ3) is 4.69. The Bertz CT molecular complexity index is 683. The molecule has 10 heteroatoms. The lowest BCUT2D eigenvalue weighted by molar-refractivity contribution is -0.123. The van der Waals surface area contributed by atoms with E-state index >= 15 is 0 Å². The molecule has 1 fully saturated rings. The molecule has 2 atom stereocenters. The minimum Gasteiger partial charge on any atom is -0.351 e. The van der Waals surface area contributed by atoms with E-state index in [4.69, 9.17) is 0 Å². The van der Waals surface area contributed by atoms with Gasteiger partial charge in [-0.25, -0.2) is 8.42 Å². The smallest absolute Gasteiger partial charge is 0.244 e. The fourth-order valence-corrected chi connectivity index (χ4v) is 4.43. The number of hydrogen-bond donors (Lipinski definition) is 3. The van der Waals surface area contributed by atoms with Gasteiger partial charge in [0, 0.05) is 19.6 Å². The van der Waals surface area contributed by atoms with Gasteiger partial charge in [0.2, 0.25) is 15.9 Å². The second kappa shape index (κ2) is 8.28. The lowest BCUT2D eigenvalue weighted by Crippen LogP contribution is -2.52. The molecule has 1 saturated heterocycles. The number of aryl methyl sites for hydroxylation is 2. The van der Waals surface area contributed by atoms with Gasteiger partial charge in [-0.1, -0.05) is 0 Å². The van der Waals surface area contributed by atoms with Gasteiger partial charge in [0.25, 0.3) is 0 Å². The van der Waals surface area contributed by atoms with E-state index in [0.29, 0.717) is 17.9 Å². The highest BCUT2D eigenvalue weighted by atomic mass is 35.5. The summed E-state index contributed by atoms with van der Waals surface area (Å²) in [6, 6.07) is -0.800. The first-order valence-corrected chi connectivity index (χ1v) is 9.24. The Morgan fingerprint density at radius 2 is 2.08 bits per heavy atom. The van der Waals surface area contributed by atoms with Gasteiger partial charge >= 0.3 is 0 Å². The Labute approximate surface area is 149 Å². The first-order chi connectivity index (χ1) is 10.7. The number of carbonyl (C=O) groups is 1. The summed E-state index contributed by atoms with van der Waals surface area (Å²) in [5.41, 5.74) is 0.959. The molecule has 0 bridgehead atoms. The molecule has 8 nitrogen and oxygen atoms in total. The van der Waals surface area contributed by atoms with E-state index in [1.54, 1.807) is 27.8 Å². The maximum absolute atomic E-state index is 12.5. The van der Waals surface area contributed by atoms with Crippen LogP contribution in [0, 0.1) is 13.8 Å². The van der Waals surface area contributed by atoms with Gasteiger partial charge < -0.3 is 10.6 Å². The summed E-state index contributed by atoms with van der Waals surface area (Å²) in [5.74, 6) is -0.318. The summed E-state index contributed by atoms with van der Waals surface area (Å²) >= 11 is 0. The van der Waals surface area contributed by atoms with Crippen LogP contribution in [-0.2, 0) is 21.9 Å². The third-order valence-corrected chi connectivity index (χ3v) is 5.87. The van der Waals surface area contributed by atoms with E-state index in [1.807, 2.05) is 0 Å². The van der Waals surface area contributed by atoms with Gasteiger partial charge in [-0.15, -0.1) is 12.4 Å². The van der Waals surface area contributed by atoms with Crippen molar-refractivity contribution < 1.29 is 13.2 Å². The molecule has 1 aromatic rings. The number of piperidine rings is 1. The van der Waals surface area contributed by atoms with Crippen LogP contribution in [0.1, 0.15) is 31.2 Å². The first-order valence-electron chi connectivity index (χ1n) is 7.76. The van der Waals surface area contributed by atoms with Gasteiger partial charge in [-0.2, -0.15) is 9.82 Å². The fraction of sp³-hybridized carbons (Fsp3) is 0.714. The first kappa shape index (κ1) is 20.9. The van der Waals surface area contributed by atoms with Crippen molar-refractivity contribution in [3.05, 3.63) is 11.4 Å². The minimum absolute atomic E-state index is 0. The Morgan fingerprint density at radius 1 is 1.42 bits per heavy atom. The summed E-state index contributed by atoms with van der Waals surface area (Å²) in [6.07, 6.45) is 1.90. The SMILES string of the molecule is Cc1nn(C)c(C)c1S(=O)(=O)NC(C)C(=O)N[C@H]1CCCNC1.Cl. The molecule has 1 amide bonds. The topological polar surface area (TPSA) is 105 Å². The van der Waals surface area contributed by atoms with Crippen molar-refractivity contribution in [1.82, 2.24) is 25.1 Å². The van der Waals surface area contributed by atoms with Crippen molar-refractivity contribution >= 4 is 28.3 Å². The quantitative estimate of drug-likeness (QED) is 0.667. The molecule has 1 aliphatic heterocycles. The maximum Gasteiger partial charge on any atom is 0.244 e. The average Bonchev–Trinajstić information content (AvgIpc) is 2.73. The van der Waals surface area contributed by atoms with Crippen LogP contribution >= 0.6 is 12.4 Å². The van der Waals surface area contributed by atoms with Crippen LogP contribution in [0.3, 0.4) is 0 Å². The van der Waals surface area contributed by atoms with Crippen LogP contribution in [0.2, 0.25) is 0 Å². The van der Waals surface area contributed by atoms with Gasteiger partial charge in [0.05, 0.1) is 17.4 Å². The van der Waals surface area contributed by atoms with Crippen LogP contribution in [0.5, 0.6) is 0 Å². The third-order valence-electron chi connectivity index (χ3n) is 4.08. The summed E-state index contributed by atoms with van der Waals surface area (Å²) < 4.78 is 29.0. The predicted octanol–water partition coefficient (Wildman–Crippen LogP) is -0.00626. The molecule has 0 radical (unpaired) electrons. The van der Waals surface area contributed by atoms with Gasteiger partial charge in [-0.3, -0.25) is 9.48 Å². The minimum atomic E-state index is -3.80. The summed E-state index contributed by atoms with van der Waals surface area (Å²) in [4.78, 5) is 12.3. The Kier molecular flexibility index (Phi) is 7.21. The zero-order valence-electron chi connectivity index (χ0n) is 14.4. The zero-order chi connectivity index (χ0) is 17.2. The number of nitrogens with zero attached hydrogens (tertiary/aromatic N) is 2. The van der Waals surface area contributed by atoms with E-state index in [0.717, 1.165) is 19.4 Å². The van der Waals surface area contributed by atoms with Crippen molar-refractivity contribution in [2.75, 3.05) is 13.1 Å². The van der Waals surface area contributed by atoms with E-state index in [1.165, 1.54) is 4.68 Å². The average molecular weight is 380 g/mol. The number of carbonyl (C=O) groups excluding carboxylic acids is 1. The van der Waals surface area contributed by atoms with Crippen molar-refractivity contribution in [2.24, 2.45) is 7.05 Å². The molecular formula is C14H26ClN5O3S. The number of rotatable bonds is 5. The number of nitrogens with one attached hydrogen (secondary N) is 3. The van der Waals surface area contributed by atoms with Gasteiger partial charge in [0.1, 0.15) is 4.90 Å². The van der Waals surface area contributed by atoms with Crippen LogP contribution in [-0.4, -0.2) is 49.3 Å². The molecule has 1 aromatic heterocycles. The van der Waals surface area contributed by atoms with Crippen molar-refractivity contribution in [3.63, 3.8) is 0 Å². The number of sulfonamides is 1. The highest BCUT2D eigenvalue weighted by molar-refractivity contribution is 7.89. The molecule has 2 rings (SSSR count). The molecule has 1 aliphatic rings. The summed E-state index contributed by atoms with van der Waals surface area (Å²) in [7, 11) is -2.11. The maximum atomic E-state index is 12.5. The lowest BCUT2D eigenvalue weighted by atomic mass is 10.1. The Hall–Kier alpha value is -1.16. The second-order valence-electron chi connectivity index (χ2n) is 6.02. The monoisotopic (exact) mass is 379 g/mol. The van der Waals surface area contributed by atoms with E-state index in [-0.39, 0.29) is 29.3 Å². The van der Waals surface area contributed by atoms with Gasteiger partial charge in [0.15, 0.2) is 0 Å². The number of aromatic nitrogens is 2. The lowest BCUT2D eigenvalue weighted by Gasteiger charge is -2.25. The van der Waals surface area contributed by atoms with Crippen molar-refractivity contribution in [3.8, 4) is 0 Å². The highest BCUT2D eigenvalue weighted by Crippen LogP contribution is 2.18. The molecule has 0 spiro atoms. The van der Waals surface area contributed by atoms with E-state index in [2.05, 4.69) is 20.5 Å². The highest BCUT2D eigenvalue weighted by Gasteiger charge is 2.28. The number of amides is 1. The number of hydrogen-bond acceptors (Lipinski definition) is 5. The molecule has 3 N–H and O–H groups in total. The molecule has 1 unspecified atom stereocenters. The van der Waals surface area contributed by atoms with Crippen LogP contribution in [0.4, 0.5) is 0 Å². The Balaban J connectivity index is 0.00000288. The van der Waals surface area contributed by atoms with Crippen LogP contribution in [0.15, 0.2) is 4.90 Å². The zero-order valence-corrected chi connectivity index (χ0v) is 16.1. The molecule has 138 valence electrons. The van der Waals surface area contributed by atoms with Crippen LogP contribution < -0.4 is 15.4 Å². The van der Waals surface area contributed by atoms with Crippen molar-refractivity contribution in [1.29, 1.82) is 0 Å². The molecule has 2 heterocycles.